The zero-order valence-electron chi connectivity index (χ0n) is 11.5. The lowest BCUT2D eigenvalue weighted by molar-refractivity contribution is -0.137. The Balaban J connectivity index is 1.90. The summed E-state index contributed by atoms with van der Waals surface area (Å²) in [6, 6.07) is 7.23. The lowest BCUT2D eigenvalue weighted by Gasteiger charge is -2.14. The van der Waals surface area contributed by atoms with E-state index in [4.69, 9.17) is 9.84 Å². The molecule has 108 valence electrons. The van der Waals surface area contributed by atoms with Gasteiger partial charge in [-0.15, -0.1) is 0 Å². The van der Waals surface area contributed by atoms with Gasteiger partial charge in [-0.2, -0.15) is 0 Å². The van der Waals surface area contributed by atoms with Crippen LogP contribution in [0.5, 0.6) is 0 Å². The van der Waals surface area contributed by atoms with Crippen molar-refractivity contribution >= 4 is 17.6 Å². The Morgan fingerprint density at radius 1 is 1.35 bits per heavy atom. The predicted octanol–water partition coefficient (Wildman–Crippen LogP) is 2.07. The second-order valence-corrected chi connectivity index (χ2v) is 5.14. The zero-order chi connectivity index (χ0) is 14.5. The summed E-state index contributed by atoms with van der Waals surface area (Å²) >= 11 is 0. The number of ether oxygens (including phenoxy) is 1. The van der Waals surface area contributed by atoms with Gasteiger partial charge >= 0.3 is 5.97 Å². The lowest BCUT2D eigenvalue weighted by atomic mass is 10.0. The van der Waals surface area contributed by atoms with Gasteiger partial charge in [-0.1, -0.05) is 19.1 Å². The molecule has 1 fully saturated rings. The van der Waals surface area contributed by atoms with E-state index < -0.39 is 5.97 Å². The standard InChI is InChI=1S/C15H19NO4/c1-10-8-9-20-14(10)15(19)16-12-5-2-11(3-6-12)4-7-13(17)18/h2-3,5-6,10,14H,4,7-9H2,1H3,(H,16,19)(H,17,18). The molecule has 1 aliphatic rings. The van der Waals surface area contributed by atoms with E-state index in [1.165, 1.54) is 0 Å². The van der Waals surface area contributed by atoms with Gasteiger partial charge in [-0.05, 0) is 36.5 Å². The average molecular weight is 277 g/mol. The molecule has 1 amide bonds. The lowest BCUT2D eigenvalue weighted by Crippen LogP contribution is -2.31. The highest BCUT2D eigenvalue weighted by molar-refractivity contribution is 5.94. The van der Waals surface area contributed by atoms with Crippen molar-refractivity contribution in [3.63, 3.8) is 0 Å². The molecule has 2 atom stereocenters. The van der Waals surface area contributed by atoms with E-state index in [0.29, 0.717) is 18.7 Å². The number of carboxylic acid groups (broad SMARTS) is 1. The fourth-order valence-corrected chi connectivity index (χ4v) is 2.25. The monoisotopic (exact) mass is 277 g/mol. The Labute approximate surface area is 117 Å². The normalized spacial score (nSPS) is 21.6. The van der Waals surface area contributed by atoms with Crippen molar-refractivity contribution in [3.05, 3.63) is 29.8 Å². The second kappa shape index (κ2) is 6.52. The molecule has 1 aromatic rings. The number of carbonyl (C=O) groups is 2. The SMILES string of the molecule is CC1CCOC1C(=O)Nc1ccc(CCC(=O)O)cc1. The third kappa shape index (κ3) is 3.81. The minimum atomic E-state index is -0.810. The fourth-order valence-electron chi connectivity index (χ4n) is 2.25. The van der Waals surface area contributed by atoms with Gasteiger partial charge in [0.2, 0.25) is 0 Å². The molecule has 0 aromatic heterocycles. The van der Waals surface area contributed by atoms with Crippen LogP contribution in [0.1, 0.15) is 25.3 Å². The number of carboxylic acids is 1. The molecule has 5 nitrogen and oxygen atoms in total. The smallest absolute Gasteiger partial charge is 0.303 e. The molecule has 1 heterocycles. The minimum absolute atomic E-state index is 0.110. The first-order valence-corrected chi connectivity index (χ1v) is 6.79. The van der Waals surface area contributed by atoms with Crippen molar-refractivity contribution < 1.29 is 19.4 Å². The first-order chi connectivity index (χ1) is 9.56. The highest BCUT2D eigenvalue weighted by Gasteiger charge is 2.30. The molecular formula is C15H19NO4. The van der Waals surface area contributed by atoms with Crippen LogP contribution in [0, 0.1) is 5.92 Å². The number of hydrogen-bond acceptors (Lipinski definition) is 3. The third-order valence-corrected chi connectivity index (χ3v) is 3.49. The van der Waals surface area contributed by atoms with Crippen LogP contribution in [-0.4, -0.2) is 29.7 Å². The van der Waals surface area contributed by atoms with E-state index in [2.05, 4.69) is 5.32 Å². The minimum Gasteiger partial charge on any atom is -0.481 e. The summed E-state index contributed by atoms with van der Waals surface area (Å²) in [6.45, 7) is 2.64. The molecule has 1 aliphatic heterocycles. The summed E-state index contributed by atoms with van der Waals surface area (Å²) < 4.78 is 5.41. The first kappa shape index (κ1) is 14.5. The van der Waals surface area contributed by atoms with E-state index in [1.807, 2.05) is 19.1 Å². The number of amides is 1. The molecule has 0 bridgehead atoms. The van der Waals surface area contributed by atoms with Gasteiger partial charge in [0.05, 0.1) is 0 Å². The highest BCUT2D eigenvalue weighted by Crippen LogP contribution is 2.21. The number of nitrogens with one attached hydrogen (secondary N) is 1. The van der Waals surface area contributed by atoms with Gasteiger partial charge in [0, 0.05) is 18.7 Å². The summed E-state index contributed by atoms with van der Waals surface area (Å²) in [5.74, 6) is -0.687. The summed E-state index contributed by atoms with van der Waals surface area (Å²) in [7, 11) is 0. The molecule has 2 unspecified atom stereocenters. The number of benzene rings is 1. The van der Waals surface area contributed by atoms with E-state index in [0.717, 1.165) is 12.0 Å². The Hall–Kier alpha value is -1.88. The van der Waals surface area contributed by atoms with Crippen LogP contribution in [0.2, 0.25) is 0 Å². The maximum Gasteiger partial charge on any atom is 0.303 e. The molecule has 2 rings (SSSR count). The number of rotatable bonds is 5. The van der Waals surface area contributed by atoms with Gasteiger partial charge in [0.25, 0.3) is 5.91 Å². The van der Waals surface area contributed by atoms with Crippen LogP contribution < -0.4 is 5.32 Å². The van der Waals surface area contributed by atoms with Gasteiger partial charge in [0.1, 0.15) is 6.10 Å². The van der Waals surface area contributed by atoms with Crippen molar-refractivity contribution in [3.8, 4) is 0 Å². The Morgan fingerprint density at radius 3 is 2.60 bits per heavy atom. The van der Waals surface area contributed by atoms with E-state index in [9.17, 15) is 9.59 Å². The van der Waals surface area contributed by atoms with Gasteiger partial charge in [-0.3, -0.25) is 9.59 Å². The number of hydrogen-bond donors (Lipinski definition) is 2. The van der Waals surface area contributed by atoms with Crippen LogP contribution >= 0.6 is 0 Å². The highest BCUT2D eigenvalue weighted by atomic mass is 16.5. The number of aryl methyl sites for hydroxylation is 1. The van der Waals surface area contributed by atoms with Gasteiger partial charge < -0.3 is 15.2 Å². The summed E-state index contributed by atoms with van der Waals surface area (Å²) in [6.07, 6.45) is 1.14. The Morgan fingerprint density at radius 2 is 2.05 bits per heavy atom. The molecule has 0 aliphatic carbocycles. The molecule has 1 saturated heterocycles. The van der Waals surface area contributed by atoms with Crippen LogP contribution in [0.3, 0.4) is 0 Å². The number of carbonyl (C=O) groups excluding carboxylic acids is 1. The summed E-state index contributed by atoms with van der Waals surface area (Å²) in [4.78, 5) is 22.5. The predicted molar refractivity (Wildman–Crippen MR) is 74.5 cm³/mol. The molecule has 20 heavy (non-hydrogen) atoms. The van der Waals surface area contributed by atoms with E-state index in [-0.39, 0.29) is 24.3 Å². The van der Waals surface area contributed by atoms with Gasteiger partial charge in [-0.25, -0.2) is 0 Å². The van der Waals surface area contributed by atoms with Crippen LogP contribution in [0.15, 0.2) is 24.3 Å². The molecule has 0 spiro atoms. The third-order valence-electron chi connectivity index (χ3n) is 3.49. The quantitative estimate of drug-likeness (QED) is 0.864. The maximum atomic E-state index is 12.0. The first-order valence-electron chi connectivity index (χ1n) is 6.79. The maximum absolute atomic E-state index is 12.0. The summed E-state index contributed by atoms with van der Waals surface area (Å²) in [5.41, 5.74) is 1.65. The Kier molecular flexibility index (Phi) is 4.74. The number of aliphatic carboxylic acids is 1. The molecule has 0 saturated carbocycles. The fraction of sp³-hybridized carbons (Fsp3) is 0.467. The van der Waals surface area contributed by atoms with E-state index >= 15 is 0 Å². The molecule has 5 heteroatoms. The second-order valence-electron chi connectivity index (χ2n) is 5.14. The zero-order valence-corrected chi connectivity index (χ0v) is 11.5. The van der Waals surface area contributed by atoms with Crippen molar-refractivity contribution in [1.29, 1.82) is 0 Å². The molecule has 2 N–H and O–H groups in total. The number of anilines is 1. The molecule has 1 aromatic carbocycles. The summed E-state index contributed by atoms with van der Waals surface area (Å²) in [5, 5.41) is 11.4. The van der Waals surface area contributed by atoms with Crippen molar-refractivity contribution in [2.45, 2.75) is 32.3 Å². The van der Waals surface area contributed by atoms with Crippen molar-refractivity contribution in [2.24, 2.45) is 5.92 Å². The van der Waals surface area contributed by atoms with E-state index in [1.54, 1.807) is 12.1 Å². The van der Waals surface area contributed by atoms with Crippen molar-refractivity contribution in [2.75, 3.05) is 11.9 Å². The van der Waals surface area contributed by atoms with Crippen LogP contribution in [-0.2, 0) is 20.7 Å². The molecule has 0 radical (unpaired) electrons. The largest absolute Gasteiger partial charge is 0.481 e. The average Bonchev–Trinajstić information content (AvgIpc) is 2.84. The topological polar surface area (TPSA) is 75.6 Å². The van der Waals surface area contributed by atoms with Gasteiger partial charge in [0.15, 0.2) is 0 Å². The van der Waals surface area contributed by atoms with Crippen LogP contribution in [0.25, 0.3) is 0 Å². The van der Waals surface area contributed by atoms with Crippen molar-refractivity contribution in [1.82, 2.24) is 0 Å². The Bertz CT molecular complexity index is 483. The molecular weight excluding hydrogens is 258 g/mol. The van der Waals surface area contributed by atoms with Crippen LogP contribution in [0.4, 0.5) is 5.69 Å².